The maximum Gasteiger partial charge on any atom is 0.336 e. The zero-order chi connectivity index (χ0) is 17.7. The Labute approximate surface area is 143 Å². The van der Waals surface area contributed by atoms with Gasteiger partial charge in [-0.15, -0.1) is 0 Å². The molecule has 2 rings (SSSR count). The predicted octanol–water partition coefficient (Wildman–Crippen LogP) is 4.92. The smallest absolute Gasteiger partial charge is 0.336 e. The average Bonchev–Trinajstić information content (AvgIpc) is 2.54. The number of hydrogen-bond donors (Lipinski definition) is 0. The molecule has 0 aromatic heterocycles. The molecule has 0 radical (unpaired) electrons. The molecule has 0 atom stereocenters. The Balaban J connectivity index is 2.13. The van der Waals surface area contributed by atoms with Crippen molar-refractivity contribution in [2.45, 2.75) is 33.1 Å². The van der Waals surface area contributed by atoms with E-state index in [0.29, 0.717) is 5.75 Å². The summed E-state index contributed by atoms with van der Waals surface area (Å²) in [6.07, 6.45) is 3.17. The van der Waals surface area contributed by atoms with E-state index in [-0.39, 0.29) is 11.4 Å². The molecule has 0 bridgehead atoms. The number of carbonyl (C=O) groups is 1. The monoisotopic (exact) mass is 324 g/mol. The fourth-order valence-corrected chi connectivity index (χ4v) is 2.34. The summed E-state index contributed by atoms with van der Waals surface area (Å²) in [5.74, 6) is 1.00. The third kappa shape index (κ3) is 4.72. The summed E-state index contributed by atoms with van der Waals surface area (Å²) in [6, 6.07) is 13.3. The number of carbonyl (C=O) groups excluding carboxylic acids is 1. The van der Waals surface area contributed by atoms with Gasteiger partial charge in [-0.3, -0.25) is 0 Å². The Morgan fingerprint density at radius 1 is 1.04 bits per heavy atom. The van der Waals surface area contributed by atoms with Crippen molar-refractivity contribution in [2.24, 2.45) is 0 Å². The van der Waals surface area contributed by atoms with Gasteiger partial charge in [0, 0.05) is 11.6 Å². The molecule has 0 aliphatic carbocycles. The Hall–Kier alpha value is -2.55. The second-order valence-corrected chi connectivity index (χ2v) is 6.78. The maximum atomic E-state index is 12.1. The van der Waals surface area contributed by atoms with Gasteiger partial charge in [0.25, 0.3) is 0 Å². The van der Waals surface area contributed by atoms with Crippen LogP contribution in [0.4, 0.5) is 0 Å². The molecule has 0 heterocycles. The summed E-state index contributed by atoms with van der Waals surface area (Å²) < 4.78 is 10.7. The normalized spacial score (nSPS) is 11.5. The van der Waals surface area contributed by atoms with Gasteiger partial charge in [0.15, 0.2) is 0 Å². The first-order valence-corrected chi connectivity index (χ1v) is 7.94. The molecule has 2 aromatic carbocycles. The van der Waals surface area contributed by atoms with Crippen LogP contribution in [0.15, 0.2) is 48.5 Å². The first-order chi connectivity index (χ1) is 11.3. The van der Waals surface area contributed by atoms with E-state index < -0.39 is 0 Å². The highest BCUT2D eigenvalue weighted by molar-refractivity contribution is 5.89. The molecular weight excluding hydrogens is 300 g/mol. The molecule has 0 spiro atoms. The van der Waals surface area contributed by atoms with Crippen LogP contribution < -0.4 is 9.47 Å². The number of methoxy groups -OCH3 is 1. The summed E-state index contributed by atoms with van der Waals surface area (Å²) in [4.78, 5) is 12.1. The SMILES string of the molecule is COc1ccc(/C=C/C(=O)Oc2ccc(C)cc2C(C)(C)C)cc1. The molecule has 0 aliphatic heterocycles. The second kappa shape index (κ2) is 7.35. The van der Waals surface area contributed by atoms with Crippen molar-refractivity contribution in [3.05, 3.63) is 65.2 Å². The minimum Gasteiger partial charge on any atom is -0.497 e. The Morgan fingerprint density at radius 2 is 1.71 bits per heavy atom. The van der Waals surface area contributed by atoms with Crippen LogP contribution in [0.25, 0.3) is 6.08 Å². The quantitative estimate of drug-likeness (QED) is 0.455. The van der Waals surface area contributed by atoms with Gasteiger partial charge in [-0.2, -0.15) is 0 Å². The molecule has 0 amide bonds. The van der Waals surface area contributed by atoms with Crippen LogP contribution in [-0.4, -0.2) is 13.1 Å². The van der Waals surface area contributed by atoms with Gasteiger partial charge in [-0.1, -0.05) is 50.6 Å². The van der Waals surface area contributed by atoms with Gasteiger partial charge in [0.1, 0.15) is 11.5 Å². The lowest BCUT2D eigenvalue weighted by molar-refractivity contribution is -0.128. The summed E-state index contributed by atoms with van der Waals surface area (Å²) in [6.45, 7) is 8.34. The van der Waals surface area contributed by atoms with E-state index in [0.717, 1.165) is 22.4 Å². The third-order valence-corrected chi connectivity index (χ3v) is 3.68. The summed E-state index contributed by atoms with van der Waals surface area (Å²) >= 11 is 0. The molecular formula is C21H24O3. The molecule has 3 nitrogen and oxygen atoms in total. The zero-order valence-electron chi connectivity index (χ0n) is 14.9. The molecule has 2 aromatic rings. The predicted molar refractivity (Wildman–Crippen MR) is 97.5 cm³/mol. The van der Waals surface area contributed by atoms with Gasteiger partial charge in [-0.25, -0.2) is 4.79 Å². The second-order valence-electron chi connectivity index (χ2n) is 6.78. The molecule has 24 heavy (non-hydrogen) atoms. The summed E-state index contributed by atoms with van der Waals surface area (Å²) in [5, 5.41) is 0. The summed E-state index contributed by atoms with van der Waals surface area (Å²) in [7, 11) is 1.62. The van der Waals surface area contributed by atoms with Gasteiger partial charge in [0.2, 0.25) is 0 Å². The fourth-order valence-electron chi connectivity index (χ4n) is 2.34. The van der Waals surface area contributed by atoms with E-state index in [4.69, 9.17) is 9.47 Å². The zero-order valence-corrected chi connectivity index (χ0v) is 14.9. The van der Waals surface area contributed by atoms with E-state index >= 15 is 0 Å². The van der Waals surface area contributed by atoms with Crippen molar-refractivity contribution in [2.75, 3.05) is 7.11 Å². The molecule has 3 heteroatoms. The first kappa shape index (κ1) is 17.8. The third-order valence-electron chi connectivity index (χ3n) is 3.68. The Bertz CT molecular complexity index is 735. The van der Waals surface area contributed by atoms with Crippen LogP contribution >= 0.6 is 0 Å². The van der Waals surface area contributed by atoms with Crippen LogP contribution in [0.3, 0.4) is 0 Å². The van der Waals surface area contributed by atoms with Crippen LogP contribution in [0.1, 0.15) is 37.5 Å². The van der Waals surface area contributed by atoms with Crippen LogP contribution in [0.5, 0.6) is 11.5 Å². The van der Waals surface area contributed by atoms with Gasteiger partial charge in [-0.05, 0) is 42.2 Å². The number of esters is 1. The molecule has 0 fully saturated rings. The number of aryl methyl sites for hydroxylation is 1. The van der Waals surface area contributed by atoms with E-state index in [2.05, 4.69) is 26.8 Å². The topological polar surface area (TPSA) is 35.5 Å². The van der Waals surface area contributed by atoms with E-state index in [1.807, 2.05) is 43.3 Å². The van der Waals surface area contributed by atoms with Gasteiger partial charge in [0.05, 0.1) is 7.11 Å². The summed E-state index contributed by atoms with van der Waals surface area (Å²) in [5.41, 5.74) is 2.98. The fraction of sp³-hybridized carbons (Fsp3) is 0.286. The number of hydrogen-bond acceptors (Lipinski definition) is 3. The van der Waals surface area contributed by atoms with Crippen molar-refractivity contribution < 1.29 is 14.3 Å². The molecule has 126 valence electrons. The Morgan fingerprint density at radius 3 is 2.29 bits per heavy atom. The van der Waals surface area contributed by atoms with Crippen molar-refractivity contribution in [3.8, 4) is 11.5 Å². The largest absolute Gasteiger partial charge is 0.497 e. The van der Waals surface area contributed by atoms with Crippen LogP contribution in [0, 0.1) is 6.92 Å². The van der Waals surface area contributed by atoms with E-state index in [9.17, 15) is 4.79 Å². The maximum absolute atomic E-state index is 12.1. The average molecular weight is 324 g/mol. The highest BCUT2D eigenvalue weighted by atomic mass is 16.5. The molecule has 0 unspecified atom stereocenters. The highest BCUT2D eigenvalue weighted by Crippen LogP contribution is 2.32. The molecule has 0 saturated heterocycles. The molecule has 0 N–H and O–H groups in total. The Kier molecular flexibility index (Phi) is 5.45. The molecule has 0 aliphatic rings. The number of ether oxygens (including phenoxy) is 2. The standard InChI is InChI=1S/C21H24O3/c1-15-6-12-19(18(14-15)21(2,3)4)24-20(22)13-9-16-7-10-17(23-5)11-8-16/h6-14H,1-5H3/b13-9+. The van der Waals surface area contributed by atoms with Crippen molar-refractivity contribution in [3.63, 3.8) is 0 Å². The lowest BCUT2D eigenvalue weighted by Crippen LogP contribution is -2.15. The minimum absolute atomic E-state index is 0.0959. The van der Waals surface area contributed by atoms with Crippen molar-refractivity contribution >= 4 is 12.0 Å². The number of rotatable bonds is 4. The lowest BCUT2D eigenvalue weighted by atomic mass is 9.85. The number of benzene rings is 2. The molecule has 0 saturated carbocycles. The van der Waals surface area contributed by atoms with Crippen LogP contribution in [-0.2, 0) is 10.2 Å². The highest BCUT2D eigenvalue weighted by Gasteiger charge is 2.20. The van der Waals surface area contributed by atoms with E-state index in [1.165, 1.54) is 6.08 Å². The van der Waals surface area contributed by atoms with Gasteiger partial charge < -0.3 is 9.47 Å². The van der Waals surface area contributed by atoms with E-state index in [1.54, 1.807) is 13.2 Å². The lowest BCUT2D eigenvalue weighted by Gasteiger charge is -2.22. The van der Waals surface area contributed by atoms with Crippen molar-refractivity contribution in [1.29, 1.82) is 0 Å². The first-order valence-electron chi connectivity index (χ1n) is 7.94. The minimum atomic E-state index is -0.389. The van der Waals surface area contributed by atoms with Gasteiger partial charge >= 0.3 is 5.97 Å². The van der Waals surface area contributed by atoms with Crippen LogP contribution in [0.2, 0.25) is 0 Å². The van der Waals surface area contributed by atoms with Crippen molar-refractivity contribution in [1.82, 2.24) is 0 Å².